The quantitative estimate of drug-likeness (QED) is 0.363. The highest BCUT2D eigenvalue weighted by Crippen LogP contribution is 2.41. The number of carbonyl (C=O) groups excluding carboxylic acids is 1. The van der Waals surface area contributed by atoms with Crippen molar-refractivity contribution in [2.24, 2.45) is 0 Å². The number of nitrogen functional groups attached to an aromatic ring is 2. The molecule has 7 nitrogen and oxygen atoms in total. The summed E-state index contributed by atoms with van der Waals surface area (Å²) in [6.07, 6.45) is 0. The van der Waals surface area contributed by atoms with E-state index in [1.54, 1.807) is 6.07 Å². The van der Waals surface area contributed by atoms with Gasteiger partial charge in [0, 0.05) is 21.4 Å². The van der Waals surface area contributed by atoms with E-state index < -0.39 is 5.91 Å². The van der Waals surface area contributed by atoms with Crippen molar-refractivity contribution in [1.29, 1.82) is 5.26 Å². The number of aromatic nitrogens is 2. The van der Waals surface area contributed by atoms with Crippen LogP contribution in [0.2, 0.25) is 5.02 Å². The fourth-order valence-electron chi connectivity index (χ4n) is 3.34. The molecule has 10 heteroatoms. The monoisotopic (exact) mass is 468 g/mol. The van der Waals surface area contributed by atoms with Crippen LogP contribution < -0.4 is 16.8 Å². The van der Waals surface area contributed by atoms with Crippen molar-refractivity contribution in [3.63, 3.8) is 0 Å². The van der Waals surface area contributed by atoms with Crippen LogP contribution in [0, 0.1) is 11.3 Å². The molecule has 0 bridgehead atoms. The lowest BCUT2D eigenvalue weighted by atomic mass is 9.95. The lowest BCUT2D eigenvalue weighted by Gasteiger charge is -2.12. The Labute approximate surface area is 191 Å². The van der Waals surface area contributed by atoms with E-state index in [1.165, 1.54) is 11.3 Å². The van der Waals surface area contributed by atoms with E-state index in [1.807, 2.05) is 37.4 Å². The van der Waals surface area contributed by atoms with Gasteiger partial charge in [0.05, 0.1) is 16.9 Å². The lowest BCUT2D eigenvalue weighted by molar-refractivity contribution is 0.103. The fraction of sp³-hybridized carbons (Fsp3) is 0.143. The molecule has 0 unspecified atom stereocenters. The van der Waals surface area contributed by atoms with Gasteiger partial charge in [-0.1, -0.05) is 43.6 Å². The Balaban J connectivity index is 1.71. The summed E-state index contributed by atoms with van der Waals surface area (Å²) >= 11 is 8.66. The van der Waals surface area contributed by atoms with Crippen LogP contribution in [-0.4, -0.2) is 15.9 Å². The molecule has 0 spiro atoms. The molecule has 156 valence electrons. The van der Waals surface area contributed by atoms with Crippen LogP contribution in [0.1, 0.15) is 40.6 Å². The fourth-order valence-corrected chi connectivity index (χ4v) is 5.29. The summed E-state index contributed by atoms with van der Waals surface area (Å²) in [4.78, 5) is 22.6. The molecule has 5 N–H and O–H groups in total. The average Bonchev–Trinajstić information content (AvgIpc) is 3.31. The van der Waals surface area contributed by atoms with Gasteiger partial charge in [-0.15, -0.1) is 22.7 Å². The number of halogens is 1. The van der Waals surface area contributed by atoms with Crippen LogP contribution in [0.3, 0.4) is 0 Å². The molecule has 0 aliphatic carbocycles. The third-order valence-electron chi connectivity index (χ3n) is 4.71. The van der Waals surface area contributed by atoms with Crippen LogP contribution in [0.15, 0.2) is 29.6 Å². The van der Waals surface area contributed by atoms with E-state index in [4.69, 9.17) is 23.1 Å². The Morgan fingerprint density at radius 1 is 1.26 bits per heavy atom. The molecule has 4 rings (SSSR count). The first kappa shape index (κ1) is 21.1. The molecule has 1 amide bonds. The number of hydrogen-bond donors (Lipinski definition) is 3. The molecule has 1 aromatic carbocycles. The standard InChI is InChI=1S/C21H17ClN6OS2/c1-9(2)14-11(7-23)18(25)27-20-15(14)16(24)17(31-20)19(29)28-21-26-13(8-30-21)10-5-3-4-6-12(10)22/h3-6,8-9H,24H2,1-2H3,(H2,25,27)(H,26,28,29). The molecular formula is C21H17ClN6OS2. The smallest absolute Gasteiger partial charge is 0.269 e. The number of pyridine rings is 1. The number of thiophene rings is 1. The van der Waals surface area contributed by atoms with Crippen LogP contribution in [-0.2, 0) is 0 Å². The van der Waals surface area contributed by atoms with Crippen LogP contribution in [0.25, 0.3) is 21.5 Å². The molecule has 3 heterocycles. The van der Waals surface area contributed by atoms with Crippen molar-refractivity contribution < 1.29 is 4.79 Å². The van der Waals surface area contributed by atoms with Gasteiger partial charge in [0.15, 0.2) is 5.13 Å². The Kier molecular flexibility index (Phi) is 5.54. The first-order valence-corrected chi connectivity index (χ1v) is 11.3. The van der Waals surface area contributed by atoms with E-state index in [-0.39, 0.29) is 17.4 Å². The second-order valence-corrected chi connectivity index (χ2v) is 9.31. The van der Waals surface area contributed by atoms with Crippen molar-refractivity contribution >= 4 is 67.0 Å². The molecular weight excluding hydrogens is 452 g/mol. The van der Waals surface area contributed by atoms with Gasteiger partial charge in [-0.3, -0.25) is 10.1 Å². The zero-order valence-corrected chi connectivity index (χ0v) is 19.0. The number of fused-ring (bicyclic) bond motifs is 1. The largest absolute Gasteiger partial charge is 0.397 e. The Morgan fingerprint density at radius 2 is 2.00 bits per heavy atom. The van der Waals surface area contributed by atoms with Crippen LogP contribution in [0.5, 0.6) is 0 Å². The van der Waals surface area contributed by atoms with E-state index in [9.17, 15) is 10.1 Å². The number of hydrogen-bond acceptors (Lipinski definition) is 8. The van der Waals surface area contributed by atoms with E-state index in [0.717, 1.165) is 16.9 Å². The van der Waals surface area contributed by atoms with Crippen molar-refractivity contribution in [2.45, 2.75) is 19.8 Å². The van der Waals surface area contributed by atoms with Crippen molar-refractivity contribution in [3.05, 3.63) is 50.7 Å². The van der Waals surface area contributed by atoms with Gasteiger partial charge in [-0.05, 0) is 17.5 Å². The Bertz CT molecular complexity index is 1370. The number of benzene rings is 1. The maximum absolute atomic E-state index is 13.0. The number of nitrogens with zero attached hydrogens (tertiary/aromatic N) is 3. The number of rotatable bonds is 4. The maximum atomic E-state index is 13.0. The summed E-state index contributed by atoms with van der Waals surface area (Å²) in [6.45, 7) is 3.88. The van der Waals surface area contributed by atoms with E-state index >= 15 is 0 Å². The van der Waals surface area contributed by atoms with Gasteiger partial charge in [-0.2, -0.15) is 5.26 Å². The van der Waals surface area contributed by atoms with Gasteiger partial charge >= 0.3 is 0 Å². The summed E-state index contributed by atoms with van der Waals surface area (Å²) in [5, 5.41) is 15.7. The number of amides is 1. The van der Waals surface area contributed by atoms with Gasteiger partial charge < -0.3 is 11.5 Å². The molecule has 3 aromatic heterocycles. The molecule has 0 saturated heterocycles. The maximum Gasteiger partial charge on any atom is 0.269 e. The third-order valence-corrected chi connectivity index (χ3v) is 6.90. The third kappa shape index (κ3) is 3.70. The minimum atomic E-state index is -0.396. The first-order valence-electron chi connectivity index (χ1n) is 9.25. The van der Waals surface area contributed by atoms with Gasteiger partial charge in [0.2, 0.25) is 0 Å². The second-order valence-electron chi connectivity index (χ2n) is 7.05. The summed E-state index contributed by atoms with van der Waals surface area (Å²) in [6, 6.07) is 9.47. The highest BCUT2D eigenvalue weighted by molar-refractivity contribution is 7.21. The normalized spacial score (nSPS) is 11.1. The first-order chi connectivity index (χ1) is 14.8. The van der Waals surface area contributed by atoms with Crippen molar-refractivity contribution in [1.82, 2.24) is 9.97 Å². The Hall–Kier alpha value is -3.19. The summed E-state index contributed by atoms with van der Waals surface area (Å²) in [5.41, 5.74) is 15.1. The number of nitrogens with two attached hydrogens (primary N) is 2. The molecule has 0 radical (unpaired) electrons. The van der Waals surface area contributed by atoms with E-state index in [2.05, 4.69) is 21.4 Å². The minimum Gasteiger partial charge on any atom is -0.397 e. The highest BCUT2D eigenvalue weighted by Gasteiger charge is 2.25. The zero-order valence-electron chi connectivity index (χ0n) is 16.6. The van der Waals surface area contributed by atoms with Crippen molar-refractivity contribution in [3.8, 4) is 17.3 Å². The molecule has 0 aliphatic heterocycles. The summed E-state index contributed by atoms with van der Waals surface area (Å²) in [5.74, 6) is -0.282. The average molecular weight is 469 g/mol. The zero-order chi connectivity index (χ0) is 22.3. The molecule has 31 heavy (non-hydrogen) atoms. The van der Waals surface area contributed by atoms with Crippen LogP contribution in [0.4, 0.5) is 16.6 Å². The van der Waals surface area contributed by atoms with Crippen molar-refractivity contribution in [2.75, 3.05) is 16.8 Å². The van der Waals surface area contributed by atoms with Gasteiger partial charge in [0.25, 0.3) is 5.91 Å². The SMILES string of the molecule is CC(C)c1c(C#N)c(N)nc2sc(C(=O)Nc3nc(-c4ccccc4Cl)cs3)c(N)c12. The Morgan fingerprint density at radius 3 is 2.68 bits per heavy atom. The number of nitriles is 1. The lowest BCUT2D eigenvalue weighted by Crippen LogP contribution is -2.12. The predicted octanol–water partition coefficient (Wildman–Crippen LogP) is 5.48. The molecule has 0 fully saturated rings. The second kappa shape index (κ2) is 8.15. The highest BCUT2D eigenvalue weighted by atomic mass is 35.5. The molecule has 0 aliphatic rings. The van der Waals surface area contributed by atoms with Gasteiger partial charge in [-0.25, -0.2) is 9.97 Å². The minimum absolute atomic E-state index is 0.0209. The number of nitrogens with one attached hydrogen (secondary N) is 1. The topological polar surface area (TPSA) is 131 Å². The summed E-state index contributed by atoms with van der Waals surface area (Å²) < 4.78 is 0. The van der Waals surface area contributed by atoms with Gasteiger partial charge in [0.1, 0.15) is 21.6 Å². The van der Waals surface area contributed by atoms with E-state index in [0.29, 0.717) is 42.1 Å². The molecule has 0 saturated carbocycles. The van der Waals surface area contributed by atoms with Crippen LogP contribution >= 0.6 is 34.3 Å². The number of carbonyl (C=O) groups is 1. The molecule has 0 atom stereocenters. The number of anilines is 3. The number of thiazole rings is 1. The molecule has 4 aromatic rings. The summed E-state index contributed by atoms with van der Waals surface area (Å²) in [7, 11) is 0. The predicted molar refractivity (Wildman–Crippen MR) is 128 cm³/mol.